The fourth-order valence-corrected chi connectivity index (χ4v) is 2.54. The van der Waals surface area contributed by atoms with Crippen molar-refractivity contribution in [2.75, 3.05) is 0 Å². The molecule has 0 aromatic carbocycles. The zero-order valence-corrected chi connectivity index (χ0v) is 12.9. The van der Waals surface area contributed by atoms with Gasteiger partial charge in [0.25, 0.3) is 0 Å². The minimum Gasteiger partial charge on any atom is -0.0651 e. The van der Waals surface area contributed by atoms with E-state index < -0.39 is 0 Å². The van der Waals surface area contributed by atoms with Crippen LogP contribution in [0.4, 0.5) is 0 Å². The van der Waals surface area contributed by atoms with Crippen LogP contribution in [0.5, 0.6) is 0 Å². The molecular weight excluding hydrogens is 192 g/mol. The van der Waals surface area contributed by atoms with Gasteiger partial charge in [-0.3, -0.25) is 0 Å². The topological polar surface area (TPSA) is 0 Å². The molecule has 0 aromatic rings. The molecule has 0 spiro atoms. The summed E-state index contributed by atoms with van der Waals surface area (Å²) in [5.41, 5.74) is 0.489. The van der Waals surface area contributed by atoms with Crippen LogP contribution >= 0.6 is 0 Å². The van der Waals surface area contributed by atoms with Crippen LogP contribution in [0, 0.1) is 29.1 Å². The molecule has 4 unspecified atom stereocenters. The molecule has 16 heavy (non-hydrogen) atoms. The van der Waals surface area contributed by atoms with Gasteiger partial charge in [-0.25, -0.2) is 0 Å². The zero-order chi connectivity index (χ0) is 12.9. The maximum absolute atomic E-state index is 2.45. The Morgan fingerprint density at radius 3 is 1.81 bits per heavy atom. The van der Waals surface area contributed by atoms with E-state index in [0.717, 1.165) is 23.7 Å². The fourth-order valence-electron chi connectivity index (χ4n) is 2.54. The third kappa shape index (κ3) is 4.47. The monoisotopic (exact) mass is 226 g/mol. The molecule has 4 atom stereocenters. The minimum absolute atomic E-state index is 0.489. The normalized spacial score (nSPS) is 20.2. The van der Waals surface area contributed by atoms with Crippen molar-refractivity contribution in [3.05, 3.63) is 0 Å². The van der Waals surface area contributed by atoms with E-state index in [1.165, 1.54) is 19.3 Å². The molecular formula is C16H34. The van der Waals surface area contributed by atoms with Gasteiger partial charge >= 0.3 is 0 Å². The van der Waals surface area contributed by atoms with Crippen molar-refractivity contribution in [3.63, 3.8) is 0 Å². The SMILES string of the molecule is CCC(C)CC(C)C(C)C(C)C(C)(C)CC. The van der Waals surface area contributed by atoms with Gasteiger partial charge in [-0.05, 0) is 35.5 Å². The molecule has 0 aliphatic carbocycles. The van der Waals surface area contributed by atoms with E-state index in [1.807, 2.05) is 0 Å². The first kappa shape index (κ1) is 16.0. The second-order valence-electron chi connectivity index (χ2n) is 6.72. The molecule has 98 valence electrons. The van der Waals surface area contributed by atoms with E-state index in [4.69, 9.17) is 0 Å². The van der Waals surface area contributed by atoms with Crippen molar-refractivity contribution in [1.82, 2.24) is 0 Å². The number of hydrogen-bond acceptors (Lipinski definition) is 0. The van der Waals surface area contributed by atoms with E-state index in [-0.39, 0.29) is 0 Å². The second-order valence-corrected chi connectivity index (χ2v) is 6.72. The molecule has 0 saturated heterocycles. The van der Waals surface area contributed by atoms with Crippen molar-refractivity contribution < 1.29 is 0 Å². The Kier molecular flexibility index (Phi) is 6.67. The highest BCUT2D eigenvalue weighted by Gasteiger charge is 2.31. The summed E-state index contributed by atoms with van der Waals surface area (Å²) in [6.45, 7) is 19.2. The lowest BCUT2D eigenvalue weighted by Gasteiger charge is -2.38. The minimum atomic E-state index is 0.489. The molecule has 0 aliphatic heterocycles. The maximum atomic E-state index is 2.45. The maximum Gasteiger partial charge on any atom is -0.0329 e. The van der Waals surface area contributed by atoms with Gasteiger partial charge in [-0.2, -0.15) is 0 Å². The van der Waals surface area contributed by atoms with Crippen molar-refractivity contribution in [1.29, 1.82) is 0 Å². The molecule has 0 heteroatoms. The van der Waals surface area contributed by atoms with Crippen molar-refractivity contribution in [2.24, 2.45) is 29.1 Å². The van der Waals surface area contributed by atoms with E-state index in [2.05, 4.69) is 55.4 Å². The largest absolute Gasteiger partial charge is 0.0651 e. The van der Waals surface area contributed by atoms with Gasteiger partial charge in [-0.15, -0.1) is 0 Å². The summed E-state index contributed by atoms with van der Waals surface area (Å²) in [4.78, 5) is 0. The molecule has 0 amide bonds. The predicted octanol–water partition coefficient (Wildman–Crippen LogP) is 5.77. The molecule has 0 heterocycles. The lowest BCUT2D eigenvalue weighted by atomic mass is 9.67. The molecule has 0 bridgehead atoms. The molecule has 0 radical (unpaired) electrons. The Morgan fingerprint density at radius 2 is 1.44 bits per heavy atom. The second kappa shape index (κ2) is 6.67. The van der Waals surface area contributed by atoms with Crippen LogP contribution in [0.1, 0.15) is 74.7 Å². The van der Waals surface area contributed by atoms with Gasteiger partial charge in [0, 0.05) is 0 Å². The average Bonchev–Trinajstić information content (AvgIpc) is 2.26. The summed E-state index contributed by atoms with van der Waals surface area (Å²) in [6, 6.07) is 0. The van der Waals surface area contributed by atoms with Gasteiger partial charge in [0.1, 0.15) is 0 Å². The molecule has 0 aliphatic rings. The third-order valence-electron chi connectivity index (χ3n) is 5.30. The Hall–Kier alpha value is 0. The van der Waals surface area contributed by atoms with E-state index in [9.17, 15) is 0 Å². The van der Waals surface area contributed by atoms with E-state index >= 15 is 0 Å². The van der Waals surface area contributed by atoms with Crippen LogP contribution in [0.2, 0.25) is 0 Å². The van der Waals surface area contributed by atoms with Gasteiger partial charge in [0.05, 0.1) is 0 Å². The summed E-state index contributed by atoms with van der Waals surface area (Å²) in [6.07, 6.45) is 4.00. The first-order valence-electron chi connectivity index (χ1n) is 7.26. The highest BCUT2D eigenvalue weighted by Crippen LogP contribution is 2.39. The molecule has 0 fully saturated rings. The average molecular weight is 226 g/mol. The highest BCUT2D eigenvalue weighted by molar-refractivity contribution is 4.80. The quantitative estimate of drug-likeness (QED) is 0.517. The summed E-state index contributed by atoms with van der Waals surface area (Å²) in [5, 5.41) is 0. The van der Waals surface area contributed by atoms with Crippen LogP contribution in [0.3, 0.4) is 0 Å². The lowest BCUT2D eigenvalue weighted by Crippen LogP contribution is -2.30. The van der Waals surface area contributed by atoms with Crippen molar-refractivity contribution >= 4 is 0 Å². The van der Waals surface area contributed by atoms with Gasteiger partial charge in [0.15, 0.2) is 0 Å². The Balaban J connectivity index is 4.37. The third-order valence-corrected chi connectivity index (χ3v) is 5.30. The predicted molar refractivity (Wildman–Crippen MR) is 75.6 cm³/mol. The van der Waals surface area contributed by atoms with E-state index in [0.29, 0.717) is 5.41 Å². The summed E-state index contributed by atoms with van der Waals surface area (Å²) < 4.78 is 0. The fraction of sp³-hybridized carbons (Fsp3) is 1.00. The van der Waals surface area contributed by atoms with Crippen LogP contribution in [-0.2, 0) is 0 Å². The van der Waals surface area contributed by atoms with Crippen LogP contribution < -0.4 is 0 Å². The summed E-state index contributed by atoms with van der Waals surface area (Å²) in [7, 11) is 0. The lowest BCUT2D eigenvalue weighted by molar-refractivity contribution is 0.113. The Morgan fingerprint density at radius 1 is 0.938 bits per heavy atom. The summed E-state index contributed by atoms with van der Waals surface area (Å²) >= 11 is 0. The van der Waals surface area contributed by atoms with Gasteiger partial charge in [0.2, 0.25) is 0 Å². The standard InChI is InChI=1S/C16H34/c1-9-12(3)11-13(4)14(5)15(6)16(7,8)10-2/h12-15H,9-11H2,1-8H3. The zero-order valence-electron chi connectivity index (χ0n) is 12.9. The van der Waals surface area contributed by atoms with Gasteiger partial charge < -0.3 is 0 Å². The number of hydrogen-bond donors (Lipinski definition) is 0. The molecule has 0 N–H and O–H groups in total. The molecule has 0 aromatic heterocycles. The van der Waals surface area contributed by atoms with Crippen LogP contribution in [0.15, 0.2) is 0 Å². The van der Waals surface area contributed by atoms with Crippen LogP contribution in [0.25, 0.3) is 0 Å². The summed E-state index contributed by atoms with van der Waals surface area (Å²) in [5.74, 6) is 3.39. The molecule has 0 rings (SSSR count). The highest BCUT2D eigenvalue weighted by atomic mass is 14.4. The molecule has 0 nitrogen and oxygen atoms in total. The Bertz CT molecular complexity index is 180. The van der Waals surface area contributed by atoms with Gasteiger partial charge in [-0.1, -0.05) is 68.2 Å². The first-order valence-corrected chi connectivity index (χ1v) is 7.26. The first-order chi connectivity index (χ1) is 7.26. The van der Waals surface area contributed by atoms with Crippen molar-refractivity contribution in [3.8, 4) is 0 Å². The van der Waals surface area contributed by atoms with E-state index in [1.54, 1.807) is 0 Å². The van der Waals surface area contributed by atoms with Crippen molar-refractivity contribution in [2.45, 2.75) is 74.7 Å². The molecule has 0 saturated carbocycles. The van der Waals surface area contributed by atoms with Crippen LogP contribution in [-0.4, -0.2) is 0 Å². The smallest absolute Gasteiger partial charge is 0.0329 e. The Labute approximate surface area is 104 Å². The number of rotatable bonds is 7.